The fourth-order valence-electron chi connectivity index (χ4n) is 3.41. The largest absolute Gasteiger partial charge is 0.477 e. The van der Waals surface area contributed by atoms with Crippen LogP contribution in [0, 0.1) is 24.0 Å². The number of aryl methyl sites for hydroxylation is 1. The van der Waals surface area contributed by atoms with Gasteiger partial charge in [-0.2, -0.15) is 5.10 Å². The van der Waals surface area contributed by atoms with E-state index in [1.54, 1.807) is 0 Å². The number of carbonyl (C=O) groups excluding carboxylic acids is 2. The van der Waals surface area contributed by atoms with Gasteiger partial charge in [0.1, 0.15) is 40.6 Å². The number of amides is 2. The monoisotopic (exact) mass is 511 g/mol. The Morgan fingerprint density at radius 1 is 1.39 bits per heavy atom. The maximum Gasteiger partial charge on any atom is 0.352 e. The molecular weight excluding hydrogens is 494 g/mol. The van der Waals surface area contributed by atoms with Gasteiger partial charge in [0.15, 0.2) is 4.34 Å². The molecule has 2 aliphatic rings. The number of nitrogens with one attached hydrogen (secondary N) is 1. The van der Waals surface area contributed by atoms with Gasteiger partial charge in [-0.25, -0.2) is 4.79 Å². The molecule has 0 unspecified atom stereocenters. The molecule has 0 spiro atoms. The Bertz CT molecular complexity index is 1190. The molecule has 0 saturated carbocycles. The van der Waals surface area contributed by atoms with Gasteiger partial charge in [-0.05, 0) is 19.4 Å². The minimum absolute atomic E-state index is 0.0680. The molecular formula is C17H17N7O6S3. The Hall–Kier alpha value is -2.98. The van der Waals surface area contributed by atoms with Gasteiger partial charge in [-0.15, -0.1) is 22.0 Å². The van der Waals surface area contributed by atoms with E-state index in [4.69, 9.17) is 0 Å². The number of hydrogen-bond acceptors (Lipinski definition) is 11. The third-order valence-corrected chi connectivity index (χ3v) is 8.41. The molecule has 2 atom stereocenters. The van der Waals surface area contributed by atoms with Crippen LogP contribution in [-0.4, -0.2) is 75.6 Å². The van der Waals surface area contributed by atoms with E-state index in [-0.39, 0.29) is 23.6 Å². The highest BCUT2D eigenvalue weighted by molar-refractivity contribution is 8.01. The minimum atomic E-state index is -1.21. The molecule has 2 aliphatic heterocycles. The number of carbonyl (C=O) groups is 3. The average molecular weight is 512 g/mol. The summed E-state index contributed by atoms with van der Waals surface area (Å²) < 4.78 is 1.89. The van der Waals surface area contributed by atoms with Crippen LogP contribution in [0.5, 0.6) is 0 Å². The molecule has 1 fully saturated rings. The molecule has 2 N–H and O–H groups in total. The van der Waals surface area contributed by atoms with E-state index >= 15 is 0 Å². The van der Waals surface area contributed by atoms with Gasteiger partial charge >= 0.3 is 11.7 Å². The molecule has 4 rings (SSSR count). The maximum absolute atomic E-state index is 12.7. The highest BCUT2D eigenvalue weighted by Gasteiger charge is 2.54. The van der Waals surface area contributed by atoms with Crippen molar-refractivity contribution < 1.29 is 24.4 Å². The number of β-lactam (4-membered cyclic amide) rings is 1. The van der Waals surface area contributed by atoms with Crippen molar-refractivity contribution in [3.63, 3.8) is 0 Å². The molecule has 0 bridgehead atoms. The summed E-state index contributed by atoms with van der Waals surface area (Å²) in [5.41, 5.74) is 0.537. The highest BCUT2D eigenvalue weighted by atomic mass is 32.2. The van der Waals surface area contributed by atoms with Crippen LogP contribution in [0.25, 0.3) is 0 Å². The zero-order valence-electron chi connectivity index (χ0n) is 17.2. The summed E-state index contributed by atoms with van der Waals surface area (Å²) in [6.07, 6.45) is 1.06. The lowest BCUT2D eigenvalue weighted by molar-refractivity contribution is -0.385. The molecule has 2 aromatic rings. The summed E-state index contributed by atoms with van der Waals surface area (Å²) in [5, 5.41) is 35.3. The summed E-state index contributed by atoms with van der Waals surface area (Å²) in [7, 11) is 0. The SMILES string of the molecule is Cc1nnc(SCC2=C(C(=O)O)N3C(=O)[C@H](NC(=O)Cn4ncc([N+](=O)[O-])c4C)[C@@H]3SC2)s1. The topological polar surface area (TPSA) is 173 Å². The van der Waals surface area contributed by atoms with E-state index in [0.717, 1.165) is 11.2 Å². The van der Waals surface area contributed by atoms with Crippen LogP contribution in [0.3, 0.4) is 0 Å². The molecule has 13 nitrogen and oxygen atoms in total. The smallest absolute Gasteiger partial charge is 0.352 e. The van der Waals surface area contributed by atoms with Gasteiger partial charge < -0.3 is 10.4 Å². The van der Waals surface area contributed by atoms with Gasteiger partial charge in [0, 0.05) is 11.5 Å². The van der Waals surface area contributed by atoms with Crippen molar-refractivity contribution in [2.24, 2.45) is 0 Å². The average Bonchev–Trinajstić information content (AvgIpc) is 3.34. The second kappa shape index (κ2) is 9.11. The van der Waals surface area contributed by atoms with Crippen molar-refractivity contribution in [2.75, 3.05) is 11.5 Å². The van der Waals surface area contributed by atoms with E-state index in [9.17, 15) is 29.6 Å². The van der Waals surface area contributed by atoms with E-state index in [2.05, 4.69) is 20.6 Å². The molecule has 1 saturated heterocycles. The van der Waals surface area contributed by atoms with E-state index in [0.29, 0.717) is 21.4 Å². The van der Waals surface area contributed by atoms with Gasteiger partial charge in [-0.1, -0.05) is 23.1 Å². The number of fused-ring (bicyclic) bond motifs is 1. The van der Waals surface area contributed by atoms with Crippen molar-refractivity contribution in [1.82, 2.24) is 30.2 Å². The molecule has 4 heterocycles. The lowest BCUT2D eigenvalue weighted by Gasteiger charge is -2.49. The lowest BCUT2D eigenvalue weighted by atomic mass is 10.0. The molecule has 0 aromatic carbocycles. The van der Waals surface area contributed by atoms with Gasteiger partial charge in [0.25, 0.3) is 5.91 Å². The van der Waals surface area contributed by atoms with Crippen LogP contribution >= 0.6 is 34.9 Å². The number of carboxylic acid groups (broad SMARTS) is 1. The van der Waals surface area contributed by atoms with Crippen LogP contribution < -0.4 is 5.32 Å². The summed E-state index contributed by atoms with van der Waals surface area (Å²) in [6.45, 7) is 3.00. The third-order valence-electron chi connectivity index (χ3n) is 5.01. The standard InChI is InChI=1S/C17H17N7O6S3/c1-7-10(24(29)30)3-18-22(7)4-11(25)19-12-14(26)23-13(16(27)28)9(5-31-15(12)23)6-32-17-21-20-8(2)33-17/h3,12,15H,4-6H2,1-2H3,(H,19,25)(H,27,28)/t12-,15-/m0/s1. The fourth-order valence-corrected chi connectivity index (χ4v) is 6.71. The Morgan fingerprint density at radius 2 is 2.15 bits per heavy atom. The first kappa shape index (κ1) is 23.2. The van der Waals surface area contributed by atoms with Gasteiger partial charge in [-0.3, -0.25) is 29.3 Å². The Morgan fingerprint density at radius 3 is 2.76 bits per heavy atom. The van der Waals surface area contributed by atoms with Crippen molar-refractivity contribution in [2.45, 2.75) is 36.1 Å². The molecule has 33 heavy (non-hydrogen) atoms. The number of aliphatic carboxylic acids is 1. The first-order valence-corrected chi connectivity index (χ1v) is 12.3. The molecule has 0 aliphatic carbocycles. The van der Waals surface area contributed by atoms with Crippen molar-refractivity contribution in [1.29, 1.82) is 0 Å². The van der Waals surface area contributed by atoms with E-state index in [1.165, 1.54) is 51.4 Å². The van der Waals surface area contributed by atoms with Crippen molar-refractivity contribution in [3.05, 3.63) is 38.3 Å². The van der Waals surface area contributed by atoms with Crippen LogP contribution in [0.1, 0.15) is 10.7 Å². The number of hydrogen-bond donors (Lipinski definition) is 2. The predicted molar refractivity (Wildman–Crippen MR) is 119 cm³/mol. The van der Waals surface area contributed by atoms with Crippen LogP contribution in [0.2, 0.25) is 0 Å². The quantitative estimate of drug-likeness (QED) is 0.222. The number of nitro groups is 1. The van der Waals surface area contributed by atoms with E-state index < -0.39 is 34.1 Å². The second-order valence-electron chi connectivity index (χ2n) is 7.12. The predicted octanol–water partition coefficient (Wildman–Crippen LogP) is 0.791. The van der Waals surface area contributed by atoms with Crippen LogP contribution in [0.15, 0.2) is 21.8 Å². The van der Waals surface area contributed by atoms with Crippen LogP contribution in [-0.2, 0) is 20.9 Å². The summed E-state index contributed by atoms with van der Waals surface area (Å²) >= 11 is 4.13. The van der Waals surface area contributed by atoms with Gasteiger partial charge in [0.2, 0.25) is 5.91 Å². The van der Waals surface area contributed by atoms with Crippen molar-refractivity contribution in [3.8, 4) is 0 Å². The Balaban J connectivity index is 1.42. The highest BCUT2D eigenvalue weighted by Crippen LogP contribution is 2.41. The first-order valence-electron chi connectivity index (χ1n) is 9.46. The summed E-state index contributed by atoms with van der Waals surface area (Å²) in [5.74, 6) is -1.54. The lowest BCUT2D eigenvalue weighted by Crippen LogP contribution is -2.70. The Kier molecular flexibility index (Phi) is 6.40. The normalized spacial score (nSPS) is 19.8. The van der Waals surface area contributed by atoms with Crippen LogP contribution in [0.4, 0.5) is 5.69 Å². The second-order valence-corrected chi connectivity index (χ2v) is 10.6. The van der Waals surface area contributed by atoms with Gasteiger partial charge in [0.05, 0.1) is 4.92 Å². The number of nitrogens with zero attached hydrogens (tertiary/aromatic N) is 6. The molecule has 2 aromatic heterocycles. The Labute approximate surface area is 198 Å². The molecule has 2 amide bonds. The summed E-state index contributed by atoms with van der Waals surface area (Å²) in [6, 6.07) is -0.886. The third kappa shape index (κ3) is 4.45. The van der Waals surface area contributed by atoms with E-state index in [1.807, 2.05) is 6.92 Å². The zero-order valence-corrected chi connectivity index (χ0v) is 19.7. The van der Waals surface area contributed by atoms with Crippen molar-refractivity contribution >= 4 is 58.3 Å². The first-order chi connectivity index (χ1) is 15.7. The fraction of sp³-hybridized carbons (Fsp3) is 0.412. The number of rotatable bonds is 8. The summed E-state index contributed by atoms with van der Waals surface area (Å²) in [4.78, 5) is 48.7. The number of carboxylic acids is 1. The molecule has 174 valence electrons. The minimum Gasteiger partial charge on any atom is -0.477 e. The molecule has 0 radical (unpaired) electrons. The molecule has 16 heteroatoms. The zero-order chi connectivity index (χ0) is 23.9. The maximum atomic E-state index is 12.7. The number of thioether (sulfide) groups is 2. The number of aromatic nitrogens is 4.